The van der Waals surface area contributed by atoms with Gasteiger partial charge in [0.2, 0.25) is 5.91 Å². The number of hydrogen-bond donors (Lipinski definition) is 3. The summed E-state index contributed by atoms with van der Waals surface area (Å²) in [5.74, 6) is -1.57. The van der Waals surface area contributed by atoms with Crippen LogP contribution in [0.15, 0.2) is 18.2 Å². The van der Waals surface area contributed by atoms with Crippen molar-refractivity contribution in [2.45, 2.75) is 12.5 Å². The highest BCUT2D eigenvalue weighted by molar-refractivity contribution is 6.42. The van der Waals surface area contributed by atoms with Crippen molar-refractivity contribution in [3.05, 3.63) is 28.2 Å². The predicted octanol–water partition coefficient (Wildman–Crippen LogP) is -2.10. The molecular formula is C14H18Cl2N3O3+. The Morgan fingerprint density at radius 3 is 2.55 bits per heavy atom. The molecule has 0 aliphatic carbocycles. The summed E-state index contributed by atoms with van der Waals surface area (Å²) in [4.78, 5) is 24.3. The molecule has 1 aromatic rings. The first-order valence-corrected chi connectivity index (χ1v) is 7.85. The topological polar surface area (TPSA) is 90.3 Å². The molecule has 0 spiro atoms. The molecule has 6 nitrogen and oxygen atoms in total. The number of amides is 1. The van der Waals surface area contributed by atoms with Gasteiger partial charge in [0.05, 0.1) is 22.4 Å². The fourth-order valence-electron chi connectivity index (χ4n) is 2.56. The number of anilines is 1. The number of carboxylic acids is 1. The summed E-state index contributed by atoms with van der Waals surface area (Å²) >= 11 is 11.7. The molecule has 1 atom stereocenters. The van der Waals surface area contributed by atoms with E-state index in [0.29, 0.717) is 28.8 Å². The summed E-state index contributed by atoms with van der Waals surface area (Å²) in [6.45, 7) is 3.12. The lowest BCUT2D eigenvalue weighted by Crippen LogP contribution is -3.24. The van der Waals surface area contributed by atoms with E-state index in [0.717, 1.165) is 18.0 Å². The minimum Gasteiger partial charge on any atom is -0.544 e. The average Bonchev–Trinajstić information content (AvgIpc) is 2.49. The van der Waals surface area contributed by atoms with Gasteiger partial charge in [-0.05, 0) is 18.2 Å². The molecule has 0 radical (unpaired) electrons. The summed E-state index contributed by atoms with van der Waals surface area (Å²) in [5, 5.41) is 16.8. The SMILES string of the molecule is O=C(C[C@@H](C(=O)[O-])[NH+]1CC[NH2+]CC1)Nc1ccc(Cl)c(Cl)c1. The first-order valence-electron chi connectivity index (χ1n) is 7.09. The fraction of sp³-hybridized carbons (Fsp3) is 0.429. The number of rotatable bonds is 5. The van der Waals surface area contributed by atoms with Crippen molar-refractivity contribution in [2.75, 3.05) is 31.5 Å². The van der Waals surface area contributed by atoms with Crippen LogP contribution in [0.1, 0.15) is 6.42 Å². The third kappa shape index (κ3) is 4.58. The van der Waals surface area contributed by atoms with E-state index in [1.807, 2.05) is 0 Å². The van der Waals surface area contributed by atoms with Gasteiger partial charge in [-0.15, -0.1) is 0 Å². The second-order valence-electron chi connectivity index (χ2n) is 5.28. The maximum absolute atomic E-state index is 12.1. The highest BCUT2D eigenvalue weighted by Gasteiger charge is 2.29. The van der Waals surface area contributed by atoms with Crippen LogP contribution in [0.3, 0.4) is 0 Å². The normalized spacial score (nSPS) is 17.0. The number of nitrogens with two attached hydrogens (primary N) is 1. The molecule has 8 heteroatoms. The Labute approximate surface area is 138 Å². The van der Waals surface area contributed by atoms with Gasteiger partial charge in [0.1, 0.15) is 32.2 Å². The van der Waals surface area contributed by atoms with Gasteiger partial charge in [0, 0.05) is 5.69 Å². The molecule has 0 unspecified atom stereocenters. The molecule has 0 aromatic heterocycles. The predicted molar refractivity (Wildman–Crippen MR) is 80.9 cm³/mol. The van der Waals surface area contributed by atoms with Gasteiger partial charge >= 0.3 is 0 Å². The number of hydrogen-bond acceptors (Lipinski definition) is 3. The maximum Gasteiger partial charge on any atom is 0.230 e. The molecule has 22 heavy (non-hydrogen) atoms. The van der Waals surface area contributed by atoms with Crippen LogP contribution >= 0.6 is 23.2 Å². The Balaban J connectivity index is 1.98. The van der Waals surface area contributed by atoms with Crippen LogP contribution in [-0.4, -0.2) is 44.1 Å². The Hall–Kier alpha value is -1.34. The van der Waals surface area contributed by atoms with Crippen molar-refractivity contribution in [3.63, 3.8) is 0 Å². The van der Waals surface area contributed by atoms with E-state index in [1.165, 1.54) is 6.07 Å². The Bertz CT molecular complexity index is 562. The van der Waals surface area contributed by atoms with Gasteiger partial charge in [-0.25, -0.2) is 0 Å². The fourth-order valence-corrected chi connectivity index (χ4v) is 2.86. The van der Waals surface area contributed by atoms with Crippen molar-refractivity contribution in [1.82, 2.24) is 0 Å². The number of carbonyl (C=O) groups is 2. The van der Waals surface area contributed by atoms with Crippen LogP contribution in [-0.2, 0) is 9.59 Å². The van der Waals surface area contributed by atoms with Crippen LogP contribution in [0.5, 0.6) is 0 Å². The number of carboxylic acid groups (broad SMARTS) is 1. The third-order valence-corrected chi connectivity index (χ3v) is 4.45. The minimum atomic E-state index is -1.19. The zero-order valence-electron chi connectivity index (χ0n) is 11.9. The van der Waals surface area contributed by atoms with Crippen LogP contribution in [0, 0.1) is 0 Å². The van der Waals surface area contributed by atoms with Crippen LogP contribution < -0.4 is 20.6 Å². The Morgan fingerprint density at radius 2 is 1.95 bits per heavy atom. The molecular weight excluding hydrogens is 329 g/mol. The molecule has 1 fully saturated rings. The van der Waals surface area contributed by atoms with Gasteiger partial charge in [0.15, 0.2) is 0 Å². The van der Waals surface area contributed by atoms with Crippen molar-refractivity contribution in [3.8, 4) is 0 Å². The highest BCUT2D eigenvalue weighted by atomic mass is 35.5. The largest absolute Gasteiger partial charge is 0.544 e. The van der Waals surface area contributed by atoms with Crippen LogP contribution in [0.25, 0.3) is 0 Å². The van der Waals surface area contributed by atoms with Crippen molar-refractivity contribution in [2.24, 2.45) is 0 Å². The lowest BCUT2D eigenvalue weighted by molar-refractivity contribution is -0.961. The van der Waals surface area contributed by atoms with Crippen LogP contribution in [0.4, 0.5) is 5.69 Å². The molecule has 1 aliphatic rings. The molecule has 1 aromatic carbocycles. The summed E-state index contributed by atoms with van der Waals surface area (Å²) in [5.41, 5.74) is 0.485. The van der Waals surface area contributed by atoms with Gasteiger partial charge in [-0.1, -0.05) is 23.2 Å². The number of benzene rings is 1. The summed E-state index contributed by atoms with van der Waals surface area (Å²) in [6, 6.07) is 3.87. The smallest absolute Gasteiger partial charge is 0.230 e. The zero-order valence-corrected chi connectivity index (χ0v) is 13.4. The van der Waals surface area contributed by atoms with E-state index in [1.54, 1.807) is 12.1 Å². The highest BCUT2D eigenvalue weighted by Crippen LogP contribution is 2.25. The average molecular weight is 347 g/mol. The number of nitrogens with one attached hydrogen (secondary N) is 2. The monoisotopic (exact) mass is 346 g/mol. The van der Waals surface area contributed by atoms with Gasteiger partial charge in [-0.3, -0.25) is 4.79 Å². The standard InChI is InChI=1S/C14H17Cl2N3O3/c15-10-2-1-9(7-11(10)16)18-13(20)8-12(14(21)22)19-5-3-17-4-6-19/h1-2,7,12,17H,3-6,8H2,(H,18,20)(H,21,22)/p+1/t12-/m0/s1. The third-order valence-electron chi connectivity index (χ3n) is 3.71. The lowest BCUT2D eigenvalue weighted by atomic mass is 10.1. The van der Waals surface area contributed by atoms with Crippen molar-refractivity contribution >= 4 is 40.8 Å². The molecule has 1 amide bonds. The molecule has 0 bridgehead atoms. The summed E-state index contributed by atoms with van der Waals surface area (Å²) in [7, 11) is 0. The maximum atomic E-state index is 12.1. The number of carbonyl (C=O) groups excluding carboxylic acids is 2. The van der Waals surface area contributed by atoms with Gasteiger partial charge < -0.3 is 25.4 Å². The first-order chi connectivity index (χ1) is 10.5. The molecule has 4 N–H and O–H groups in total. The second-order valence-corrected chi connectivity index (χ2v) is 6.09. The van der Waals surface area contributed by atoms with E-state index in [2.05, 4.69) is 10.6 Å². The molecule has 1 heterocycles. The molecule has 2 rings (SSSR count). The lowest BCUT2D eigenvalue weighted by Gasteiger charge is -2.30. The molecule has 1 saturated heterocycles. The first kappa shape index (κ1) is 17.0. The van der Waals surface area contributed by atoms with E-state index >= 15 is 0 Å². The number of quaternary nitrogens is 2. The Kier molecular flexibility index (Phi) is 6.02. The van der Waals surface area contributed by atoms with E-state index in [9.17, 15) is 14.7 Å². The number of piperazine rings is 1. The quantitative estimate of drug-likeness (QED) is 0.570. The zero-order chi connectivity index (χ0) is 16.1. The van der Waals surface area contributed by atoms with E-state index in [-0.39, 0.29) is 12.3 Å². The molecule has 1 aliphatic heterocycles. The van der Waals surface area contributed by atoms with Gasteiger partial charge in [0.25, 0.3) is 0 Å². The summed E-state index contributed by atoms with van der Waals surface area (Å²) < 4.78 is 0. The minimum absolute atomic E-state index is 0.127. The molecule has 0 saturated carbocycles. The van der Waals surface area contributed by atoms with Crippen LogP contribution in [0.2, 0.25) is 10.0 Å². The second kappa shape index (κ2) is 7.78. The van der Waals surface area contributed by atoms with Gasteiger partial charge in [-0.2, -0.15) is 0 Å². The van der Waals surface area contributed by atoms with Crippen molar-refractivity contribution < 1.29 is 24.9 Å². The number of halogens is 2. The van der Waals surface area contributed by atoms with E-state index < -0.39 is 12.0 Å². The van der Waals surface area contributed by atoms with Crippen molar-refractivity contribution in [1.29, 1.82) is 0 Å². The summed E-state index contributed by atoms with van der Waals surface area (Å²) in [6.07, 6.45) is -0.127. The Morgan fingerprint density at radius 1 is 1.27 bits per heavy atom. The molecule has 120 valence electrons. The van der Waals surface area contributed by atoms with E-state index in [4.69, 9.17) is 23.2 Å². The number of aliphatic carboxylic acids is 1.